The number of nitrogens with zero attached hydrogens (tertiary/aromatic N) is 1. The minimum Gasteiger partial charge on any atom is -0.305 e. The van der Waals surface area contributed by atoms with Gasteiger partial charge < -0.3 is 5.32 Å². The van der Waals surface area contributed by atoms with E-state index in [9.17, 15) is 0 Å². The fourth-order valence-corrected chi connectivity index (χ4v) is 2.48. The fourth-order valence-electron chi connectivity index (χ4n) is 1.65. The van der Waals surface area contributed by atoms with Gasteiger partial charge >= 0.3 is 0 Å². The molecule has 0 bridgehead atoms. The molecular weight excluding hydrogens is 240 g/mol. The van der Waals surface area contributed by atoms with Crippen molar-refractivity contribution >= 4 is 22.9 Å². The summed E-state index contributed by atoms with van der Waals surface area (Å²) >= 11 is 7.81. The predicted molar refractivity (Wildman–Crippen MR) is 69.1 cm³/mol. The maximum absolute atomic E-state index is 6.21. The summed E-state index contributed by atoms with van der Waals surface area (Å²) in [6.07, 6.45) is 0. The van der Waals surface area contributed by atoms with Crippen LogP contribution in [0.5, 0.6) is 0 Å². The Morgan fingerprint density at radius 2 is 2.25 bits per heavy atom. The molecule has 0 saturated heterocycles. The van der Waals surface area contributed by atoms with E-state index in [-0.39, 0.29) is 6.04 Å². The first-order valence-electron chi connectivity index (χ1n) is 5.18. The average Bonchev–Trinajstić information content (AvgIpc) is 2.80. The van der Waals surface area contributed by atoms with Crippen molar-refractivity contribution in [3.8, 4) is 0 Å². The van der Waals surface area contributed by atoms with Gasteiger partial charge in [-0.15, -0.1) is 11.3 Å². The minimum absolute atomic E-state index is 0.0879. The molecule has 4 heteroatoms. The van der Waals surface area contributed by atoms with E-state index in [1.54, 1.807) is 11.3 Å². The predicted octanol–water partition coefficient (Wildman–Crippen LogP) is 3.50. The minimum atomic E-state index is 0.0879. The highest BCUT2D eigenvalue weighted by molar-refractivity contribution is 7.07. The Morgan fingerprint density at radius 1 is 1.44 bits per heavy atom. The number of nitrogens with one attached hydrogen (secondary N) is 1. The van der Waals surface area contributed by atoms with Crippen LogP contribution >= 0.6 is 22.9 Å². The van der Waals surface area contributed by atoms with Crippen LogP contribution < -0.4 is 5.32 Å². The Labute approximate surface area is 104 Å². The largest absolute Gasteiger partial charge is 0.305 e. The van der Waals surface area contributed by atoms with Crippen molar-refractivity contribution in [3.05, 3.63) is 51.4 Å². The first-order valence-corrected chi connectivity index (χ1v) is 6.51. The van der Waals surface area contributed by atoms with E-state index in [2.05, 4.69) is 22.6 Å². The molecule has 0 spiro atoms. The molecule has 1 aromatic carbocycles. The van der Waals surface area contributed by atoms with Crippen molar-refractivity contribution < 1.29 is 0 Å². The van der Waals surface area contributed by atoms with Crippen LogP contribution in [-0.4, -0.2) is 11.5 Å². The van der Waals surface area contributed by atoms with Crippen molar-refractivity contribution in [3.63, 3.8) is 0 Å². The molecule has 0 fully saturated rings. The zero-order valence-electron chi connectivity index (χ0n) is 8.98. The Balaban J connectivity index is 2.37. The molecular formula is C12H13ClN2S. The molecule has 2 nitrogen and oxygen atoms in total. The molecule has 0 amide bonds. The van der Waals surface area contributed by atoms with Crippen LogP contribution in [0.15, 0.2) is 35.2 Å². The van der Waals surface area contributed by atoms with E-state index in [0.29, 0.717) is 0 Å². The second-order valence-corrected chi connectivity index (χ2v) is 4.55. The Hall–Kier alpha value is -0.900. The lowest BCUT2D eigenvalue weighted by molar-refractivity contribution is 0.619. The van der Waals surface area contributed by atoms with E-state index in [0.717, 1.165) is 22.8 Å². The molecule has 0 aliphatic rings. The number of aromatic nitrogens is 1. The monoisotopic (exact) mass is 252 g/mol. The molecule has 1 atom stereocenters. The maximum Gasteiger partial charge on any atom is 0.0795 e. The topological polar surface area (TPSA) is 24.9 Å². The Morgan fingerprint density at radius 3 is 2.88 bits per heavy atom. The van der Waals surface area contributed by atoms with Crippen LogP contribution in [0, 0.1) is 0 Å². The van der Waals surface area contributed by atoms with Gasteiger partial charge in [-0.05, 0) is 18.2 Å². The highest BCUT2D eigenvalue weighted by Crippen LogP contribution is 2.27. The van der Waals surface area contributed by atoms with Gasteiger partial charge in [-0.1, -0.05) is 36.7 Å². The van der Waals surface area contributed by atoms with Crippen LogP contribution in [0.4, 0.5) is 0 Å². The van der Waals surface area contributed by atoms with Crippen molar-refractivity contribution in [1.82, 2.24) is 10.3 Å². The third kappa shape index (κ3) is 2.43. The lowest BCUT2D eigenvalue weighted by Crippen LogP contribution is -2.22. The van der Waals surface area contributed by atoms with Gasteiger partial charge in [0.05, 0.1) is 17.2 Å². The lowest BCUT2D eigenvalue weighted by Gasteiger charge is -2.17. The summed E-state index contributed by atoms with van der Waals surface area (Å²) < 4.78 is 0. The standard InChI is InChI=1S/C12H13ClN2S/c1-2-14-12(11-7-16-8-15-11)9-5-3-4-6-10(9)13/h3-8,12,14H,2H2,1H3. The van der Waals surface area contributed by atoms with Gasteiger partial charge in [-0.2, -0.15) is 0 Å². The normalized spacial score (nSPS) is 12.6. The quantitative estimate of drug-likeness (QED) is 0.901. The van der Waals surface area contributed by atoms with E-state index in [4.69, 9.17) is 11.6 Å². The zero-order valence-corrected chi connectivity index (χ0v) is 10.6. The van der Waals surface area contributed by atoms with Crippen molar-refractivity contribution in [2.45, 2.75) is 13.0 Å². The van der Waals surface area contributed by atoms with Crippen LogP contribution in [0.2, 0.25) is 5.02 Å². The molecule has 1 unspecified atom stereocenters. The molecule has 1 N–H and O–H groups in total. The van der Waals surface area contributed by atoms with Crippen LogP contribution in [0.25, 0.3) is 0 Å². The summed E-state index contributed by atoms with van der Waals surface area (Å²) in [7, 11) is 0. The van der Waals surface area contributed by atoms with Gasteiger partial charge in [-0.25, -0.2) is 4.98 Å². The Bertz CT molecular complexity index is 442. The fraction of sp³-hybridized carbons (Fsp3) is 0.250. The molecule has 1 heterocycles. The molecule has 0 aliphatic carbocycles. The highest BCUT2D eigenvalue weighted by atomic mass is 35.5. The summed E-state index contributed by atoms with van der Waals surface area (Å²) in [6.45, 7) is 2.96. The number of rotatable bonds is 4. The Kier molecular flexibility index (Phi) is 3.93. The number of thiazole rings is 1. The van der Waals surface area contributed by atoms with E-state index in [1.165, 1.54) is 0 Å². The number of halogens is 1. The summed E-state index contributed by atoms with van der Waals surface area (Å²) in [4.78, 5) is 4.35. The first-order chi connectivity index (χ1) is 7.83. The van der Waals surface area contributed by atoms with Crippen molar-refractivity contribution in [1.29, 1.82) is 0 Å². The molecule has 0 aliphatic heterocycles. The number of hydrogen-bond acceptors (Lipinski definition) is 3. The summed E-state index contributed by atoms with van der Waals surface area (Å²) in [5, 5.41) is 6.23. The van der Waals surface area contributed by atoms with Crippen molar-refractivity contribution in [2.24, 2.45) is 0 Å². The number of hydrogen-bond donors (Lipinski definition) is 1. The van der Waals surface area contributed by atoms with E-state index in [1.807, 2.05) is 29.8 Å². The molecule has 0 saturated carbocycles. The zero-order chi connectivity index (χ0) is 11.4. The molecule has 2 aromatic rings. The summed E-state index contributed by atoms with van der Waals surface area (Å²) in [5.74, 6) is 0. The molecule has 0 radical (unpaired) electrons. The highest BCUT2D eigenvalue weighted by Gasteiger charge is 2.16. The van der Waals surface area contributed by atoms with Gasteiger partial charge in [0.15, 0.2) is 0 Å². The smallest absolute Gasteiger partial charge is 0.0795 e. The second kappa shape index (κ2) is 5.43. The number of benzene rings is 1. The third-order valence-electron chi connectivity index (χ3n) is 2.37. The summed E-state index contributed by atoms with van der Waals surface area (Å²) in [5.41, 5.74) is 3.95. The molecule has 84 valence electrons. The van der Waals surface area contributed by atoms with Gasteiger partial charge in [0.2, 0.25) is 0 Å². The van der Waals surface area contributed by atoms with Crippen LogP contribution in [0.1, 0.15) is 24.2 Å². The second-order valence-electron chi connectivity index (χ2n) is 3.43. The first kappa shape index (κ1) is 11.6. The van der Waals surface area contributed by atoms with E-state index >= 15 is 0 Å². The van der Waals surface area contributed by atoms with E-state index < -0.39 is 0 Å². The van der Waals surface area contributed by atoms with Gasteiger partial charge in [0, 0.05) is 10.4 Å². The van der Waals surface area contributed by atoms with Crippen molar-refractivity contribution in [2.75, 3.05) is 6.54 Å². The van der Waals surface area contributed by atoms with Gasteiger partial charge in [0.25, 0.3) is 0 Å². The van der Waals surface area contributed by atoms with Gasteiger partial charge in [0.1, 0.15) is 0 Å². The SMILES string of the molecule is CCNC(c1cscn1)c1ccccc1Cl. The summed E-state index contributed by atoms with van der Waals surface area (Å²) in [6, 6.07) is 7.97. The molecule has 16 heavy (non-hydrogen) atoms. The third-order valence-corrected chi connectivity index (χ3v) is 3.32. The lowest BCUT2D eigenvalue weighted by atomic mass is 10.0. The molecule has 2 rings (SSSR count). The molecule has 1 aromatic heterocycles. The average molecular weight is 253 g/mol. The van der Waals surface area contributed by atoms with Gasteiger partial charge in [-0.3, -0.25) is 0 Å². The van der Waals surface area contributed by atoms with Crippen LogP contribution in [0.3, 0.4) is 0 Å². The maximum atomic E-state index is 6.21. The van der Waals surface area contributed by atoms with Crippen LogP contribution in [-0.2, 0) is 0 Å².